The molecule has 0 aromatic heterocycles. The van der Waals surface area contributed by atoms with Crippen molar-refractivity contribution in [3.8, 4) is 11.1 Å². The third kappa shape index (κ3) is 5.08. The Morgan fingerprint density at radius 2 is 0.706 bits per heavy atom. The van der Waals surface area contributed by atoms with Crippen LogP contribution in [0.1, 0.15) is 22.3 Å². The predicted molar refractivity (Wildman–Crippen MR) is 144 cm³/mol. The summed E-state index contributed by atoms with van der Waals surface area (Å²) < 4.78 is 0. The van der Waals surface area contributed by atoms with Gasteiger partial charge in [-0.1, -0.05) is 146 Å². The van der Waals surface area contributed by atoms with Crippen molar-refractivity contribution in [1.82, 2.24) is 0 Å². The fourth-order valence-electron chi connectivity index (χ4n) is 4.27. The molecule has 5 aromatic carbocycles. The summed E-state index contributed by atoms with van der Waals surface area (Å²) in [6, 6.07) is 51.6. The van der Waals surface area contributed by atoms with E-state index in [4.69, 9.17) is 0 Å². The molecule has 0 saturated carbocycles. The molecular weight excluding hydrogens is 414 g/mol. The highest BCUT2D eigenvalue weighted by molar-refractivity contribution is 6.07. The zero-order valence-electron chi connectivity index (χ0n) is 18.8. The molecular formula is C32H25BF. The van der Waals surface area contributed by atoms with Gasteiger partial charge in [-0.3, -0.25) is 4.70 Å². The minimum Gasteiger partial charge on any atom is -0.269 e. The van der Waals surface area contributed by atoms with E-state index in [0.717, 1.165) is 0 Å². The standard InChI is InChI=1S/C32H24.B.FH/c1-5-15-25(16-6-1)29-23-13-14-24-30(29)32(28-21-11-4-12-22-28)31(26-17-7-2-8-18-26)27-19-9-3-10-20-27;;/h1-24H;;1H. The molecule has 0 aliphatic heterocycles. The van der Waals surface area contributed by atoms with Gasteiger partial charge in [0.15, 0.2) is 0 Å². The molecule has 0 bridgehead atoms. The van der Waals surface area contributed by atoms with Crippen LogP contribution in [0, 0.1) is 0 Å². The van der Waals surface area contributed by atoms with E-state index < -0.39 is 0 Å². The molecule has 0 amide bonds. The summed E-state index contributed by atoms with van der Waals surface area (Å²) >= 11 is 0. The first kappa shape index (κ1) is 24.5. The molecule has 0 atom stereocenters. The zero-order chi connectivity index (χ0) is 21.6. The first-order chi connectivity index (χ1) is 15.9. The van der Waals surface area contributed by atoms with Gasteiger partial charge in [0.2, 0.25) is 0 Å². The molecule has 0 N–H and O–H groups in total. The van der Waals surface area contributed by atoms with Crippen LogP contribution in [0.15, 0.2) is 146 Å². The zero-order valence-corrected chi connectivity index (χ0v) is 18.8. The summed E-state index contributed by atoms with van der Waals surface area (Å²) in [4.78, 5) is 0. The van der Waals surface area contributed by atoms with Crippen molar-refractivity contribution in [1.29, 1.82) is 0 Å². The minimum absolute atomic E-state index is 0. The van der Waals surface area contributed by atoms with Gasteiger partial charge >= 0.3 is 0 Å². The molecule has 0 unspecified atom stereocenters. The summed E-state index contributed by atoms with van der Waals surface area (Å²) in [5.41, 5.74) is 9.78. The highest BCUT2D eigenvalue weighted by atomic mass is 19.0. The predicted octanol–water partition coefficient (Wildman–Crippen LogP) is 8.13. The molecule has 5 aromatic rings. The maximum atomic E-state index is 2.25. The summed E-state index contributed by atoms with van der Waals surface area (Å²) in [7, 11) is 0. The molecule has 2 heteroatoms. The van der Waals surface area contributed by atoms with Gasteiger partial charge in [0.05, 0.1) is 0 Å². The Bertz CT molecular complexity index is 1290. The minimum atomic E-state index is 0. The normalized spacial score (nSPS) is 9.88. The van der Waals surface area contributed by atoms with Gasteiger partial charge in [0.25, 0.3) is 0 Å². The van der Waals surface area contributed by atoms with Crippen molar-refractivity contribution in [3.05, 3.63) is 168 Å². The highest BCUT2D eigenvalue weighted by Crippen LogP contribution is 2.40. The Labute approximate surface area is 203 Å². The Hall–Kier alpha value is -4.17. The van der Waals surface area contributed by atoms with Gasteiger partial charge < -0.3 is 0 Å². The van der Waals surface area contributed by atoms with Crippen LogP contribution in [0.4, 0.5) is 4.70 Å². The van der Waals surface area contributed by atoms with Crippen molar-refractivity contribution in [3.63, 3.8) is 0 Å². The second kappa shape index (κ2) is 11.6. The van der Waals surface area contributed by atoms with Gasteiger partial charge in [-0.25, -0.2) is 0 Å². The van der Waals surface area contributed by atoms with E-state index in [0.29, 0.717) is 0 Å². The molecule has 0 heterocycles. The second-order valence-electron chi connectivity index (χ2n) is 7.76. The molecule has 0 spiro atoms. The maximum absolute atomic E-state index is 2.25. The monoisotopic (exact) mass is 439 g/mol. The smallest absolute Gasteiger partial charge is 0 e. The van der Waals surface area contributed by atoms with Crippen LogP contribution in [0.5, 0.6) is 0 Å². The number of halogens is 1. The average Bonchev–Trinajstić information content (AvgIpc) is 2.89. The van der Waals surface area contributed by atoms with Crippen LogP contribution >= 0.6 is 0 Å². The molecule has 0 fully saturated rings. The largest absolute Gasteiger partial charge is 0.269 e. The van der Waals surface area contributed by atoms with E-state index in [1.54, 1.807) is 0 Å². The van der Waals surface area contributed by atoms with E-state index in [1.807, 2.05) is 0 Å². The lowest BCUT2D eigenvalue weighted by Gasteiger charge is -2.20. The average molecular weight is 439 g/mol. The summed E-state index contributed by atoms with van der Waals surface area (Å²) in [6.45, 7) is 0. The quantitative estimate of drug-likeness (QED) is 0.192. The molecule has 0 aliphatic rings. The molecule has 3 radical (unpaired) electrons. The van der Waals surface area contributed by atoms with Crippen molar-refractivity contribution in [2.24, 2.45) is 0 Å². The Morgan fingerprint density at radius 3 is 1.18 bits per heavy atom. The first-order valence-electron chi connectivity index (χ1n) is 11.0. The summed E-state index contributed by atoms with van der Waals surface area (Å²) in [6.07, 6.45) is 0. The van der Waals surface area contributed by atoms with Gasteiger partial charge in [-0.05, 0) is 44.5 Å². The van der Waals surface area contributed by atoms with E-state index in [9.17, 15) is 0 Å². The first-order valence-corrected chi connectivity index (χ1v) is 11.0. The van der Waals surface area contributed by atoms with Crippen molar-refractivity contribution >= 4 is 19.6 Å². The lowest BCUT2D eigenvalue weighted by atomic mass is 9.83. The maximum Gasteiger partial charge on any atom is 0 e. The Kier molecular flexibility index (Phi) is 8.37. The van der Waals surface area contributed by atoms with Gasteiger partial charge in [-0.15, -0.1) is 0 Å². The van der Waals surface area contributed by atoms with Crippen LogP contribution in [-0.2, 0) is 0 Å². The number of benzene rings is 5. The third-order valence-electron chi connectivity index (χ3n) is 5.72. The number of hydrogen-bond acceptors (Lipinski definition) is 0. The molecule has 0 aliphatic carbocycles. The fourth-order valence-corrected chi connectivity index (χ4v) is 4.27. The van der Waals surface area contributed by atoms with E-state index in [-0.39, 0.29) is 13.1 Å². The topological polar surface area (TPSA) is 0 Å². The summed E-state index contributed by atoms with van der Waals surface area (Å²) in [5, 5.41) is 0. The van der Waals surface area contributed by atoms with E-state index in [2.05, 4.69) is 146 Å². The molecule has 34 heavy (non-hydrogen) atoms. The molecule has 163 valence electrons. The summed E-state index contributed by atoms with van der Waals surface area (Å²) in [5.74, 6) is 0. The van der Waals surface area contributed by atoms with Crippen molar-refractivity contribution in [2.75, 3.05) is 0 Å². The lowest BCUT2D eigenvalue weighted by Crippen LogP contribution is -1.99. The van der Waals surface area contributed by atoms with Gasteiger partial charge in [-0.2, -0.15) is 0 Å². The van der Waals surface area contributed by atoms with Crippen LogP contribution in [0.2, 0.25) is 0 Å². The Morgan fingerprint density at radius 1 is 0.353 bits per heavy atom. The SMILES string of the molecule is F.[B].c1ccc(C(=C(c2ccccc2)c2ccccc2-c2ccccc2)c2ccccc2)cc1. The van der Waals surface area contributed by atoms with E-state index >= 15 is 0 Å². The number of hydrogen-bond donors (Lipinski definition) is 0. The van der Waals surface area contributed by atoms with Crippen molar-refractivity contribution < 1.29 is 4.70 Å². The highest BCUT2D eigenvalue weighted by Gasteiger charge is 2.18. The fraction of sp³-hybridized carbons (Fsp3) is 0. The second-order valence-corrected chi connectivity index (χ2v) is 7.76. The van der Waals surface area contributed by atoms with Gasteiger partial charge in [0.1, 0.15) is 0 Å². The van der Waals surface area contributed by atoms with Gasteiger partial charge in [0, 0.05) is 8.41 Å². The Balaban J connectivity index is 0.00000162. The molecule has 0 nitrogen and oxygen atoms in total. The molecule has 5 rings (SSSR count). The van der Waals surface area contributed by atoms with Crippen LogP contribution in [-0.4, -0.2) is 8.41 Å². The van der Waals surface area contributed by atoms with Crippen molar-refractivity contribution in [2.45, 2.75) is 0 Å². The van der Waals surface area contributed by atoms with Crippen LogP contribution in [0.25, 0.3) is 22.3 Å². The van der Waals surface area contributed by atoms with Crippen LogP contribution in [0.3, 0.4) is 0 Å². The van der Waals surface area contributed by atoms with E-state index in [1.165, 1.54) is 44.5 Å². The van der Waals surface area contributed by atoms with Crippen LogP contribution < -0.4 is 0 Å². The lowest BCUT2D eigenvalue weighted by molar-refractivity contribution is 1.11. The third-order valence-corrected chi connectivity index (χ3v) is 5.72. The number of rotatable bonds is 5. The molecule has 0 saturated heterocycles.